The quantitative estimate of drug-likeness (QED) is 0.197. The van der Waals surface area contributed by atoms with Crippen LogP contribution in [-0.4, -0.2) is 25.5 Å². The van der Waals surface area contributed by atoms with Crippen molar-refractivity contribution in [2.24, 2.45) is 0 Å². The van der Waals surface area contributed by atoms with Gasteiger partial charge in [0.2, 0.25) is 0 Å². The van der Waals surface area contributed by atoms with Crippen molar-refractivity contribution in [2.45, 2.75) is 70.9 Å². The lowest BCUT2D eigenvalue weighted by Gasteiger charge is -2.46. The summed E-state index contributed by atoms with van der Waals surface area (Å²) >= 11 is 0. The normalized spacial score (nSPS) is 19.1. The molecule has 7 heteroatoms. The first kappa shape index (κ1) is 26.4. The van der Waals surface area contributed by atoms with Crippen LogP contribution in [0.15, 0.2) is 67.1 Å². The molecule has 0 saturated carbocycles. The minimum atomic E-state index is -0.349. The highest BCUT2D eigenvalue weighted by atomic mass is 19.1. The SMILES string of the molecule is Cc1ccc2c3c1c1ccc(Oc4ccc(F)c(-c5nccn5C5CCCCO5)c4)cc1c1ncc(n13)C(C)(C)C2(C)C. The molecule has 1 unspecified atom stereocenters. The number of aromatic nitrogens is 4. The summed E-state index contributed by atoms with van der Waals surface area (Å²) in [6.45, 7) is 12.2. The lowest BCUT2D eigenvalue weighted by Crippen LogP contribution is -2.44. The fraction of sp³-hybridized carbons (Fsp3) is 0.333. The molecule has 1 atom stereocenters. The van der Waals surface area contributed by atoms with E-state index in [1.807, 2.05) is 23.0 Å². The van der Waals surface area contributed by atoms with Gasteiger partial charge in [0.15, 0.2) is 0 Å². The van der Waals surface area contributed by atoms with Crippen molar-refractivity contribution in [1.82, 2.24) is 18.9 Å². The summed E-state index contributed by atoms with van der Waals surface area (Å²) < 4.78 is 31.8. The lowest BCUT2D eigenvalue weighted by molar-refractivity contribution is -0.0309. The van der Waals surface area contributed by atoms with E-state index in [9.17, 15) is 0 Å². The van der Waals surface area contributed by atoms with Gasteiger partial charge in [0.05, 0.1) is 11.1 Å². The molecule has 6 aromatic rings. The molecular formula is C36H35FN4O2. The minimum absolute atomic E-state index is 0.0727. The molecule has 0 aliphatic carbocycles. The highest BCUT2D eigenvalue weighted by Crippen LogP contribution is 2.52. The van der Waals surface area contributed by atoms with Crippen LogP contribution in [0, 0.1) is 12.7 Å². The lowest BCUT2D eigenvalue weighted by atomic mass is 9.60. The molecule has 0 spiro atoms. The third-order valence-electron chi connectivity index (χ3n) is 10.3. The zero-order chi connectivity index (χ0) is 29.7. The van der Waals surface area contributed by atoms with E-state index in [-0.39, 0.29) is 22.9 Å². The van der Waals surface area contributed by atoms with Crippen molar-refractivity contribution >= 4 is 27.3 Å². The summed E-state index contributed by atoms with van der Waals surface area (Å²) in [4.78, 5) is 9.48. The van der Waals surface area contributed by atoms with Crippen LogP contribution in [0.4, 0.5) is 4.39 Å². The van der Waals surface area contributed by atoms with Crippen molar-refractivity contribution < 1.29 is 13.9 Å². The van der Waals surface area contributed by atoms with Crippen molar-refractivity contribution in [3.05, 3.63) is 89.8 Å². The number of ether oxygens (including phenoxy) is 2. The summed E-state index contributed by atoms with van der Waals surface area (Å²) in [6.07, 6.45) is 8.46. The molecule has 5 heterocycles. The monoisotopic (exact) mass is 574 g/mol. The van der Waals surface area contributed by atoms with E-state index in [2.05, 4.69) is 68.3 Å². The molecule has 0 amide bonds. The van der Waals surface area contributed by atoms with Crippen LogP contribution in [0.5, 0.6) is 11.5 Å². The molecule has 0 N–H and O–H groups in total. The Labute approximate surface area is 250 Å². The molecule has 3 aromatic heterocycles. The number of hydrogen-bond donors (Lipinski definition) is 0. The van der Waals surface area contributed by atoms with Crippen LogP contribution < -0.4 is 4.74 Å². The van der Waals surface area contributed by atoms with E-state index < -0.39 is 0 Å². The van der Waals surface area contributed by atoms with Gasteiger partial charge in [-0.15, -0.1) is 0 Å². The average molecular weight is 575 g/mol. The van der Waals surface area contributed by atoms with Crippen molar-refractivity contribution in [1.29, 1.82) is 0 Å². The fourth-order valence-corrected chi connectivity index (χ4v) is 7.20. The highest BCUT2D eigenvalue weighted by Gasteiger charge is 2.46. The van der Waals surface area contributed by atoms with Gasteiger partial charge in [-0.2, -0.15) is 0 Å². The Kier molecular flexibility index (Phi) is 5.61. The number of aryl methyl sites for hydroxylation is 1. The van der Waals surface area contributed by atoms with Gasteiger partial charge in [0.1, 0.15) is 35.0 Å². The van der Waals surface area contributed by atoms with E-state index in [1.54, 1.807) is 18.3 Å². The maximum atomic E-state index is 15.2. The van der Waals surface area contributed by atoms with Gasteiger partial charge in [-0.05, 0) is 79.1 Å². The predicted molar refractivity (Wildman–Crippen MR) is 168 cm³/mol. The second-order valence-electron chi connectivity index (χ2n) is 13.1. The maximum absolute atomic E-state index is 15.2. The number of hydrogen-bond acceptors (Lipinski definition) is 4. The fourth-order valence-electron chi connectivity index (χ4n) is 7.20. The number of nitrogens with zero attached hydrogens (tertiary/aromatic N) is 4. The third kappa shape index (κ3) is 3.67. The first-order valence-electron chi connectivity index (χ1n) is 15.2. The van der Waals surface area contributed by atoms with Crippen molar-refractivity contribution in [3.8, 4) is 22.9 Å². The zero-order valence-corrected chi connectivity index (χ0v) is 25.2. The second kappa shape index (κ2) is 9.13. The van der Waals surface area contributed by atoms with Crippen LogP contribution >= 0.6 is 0 Å². The van der Waals surface area contributed by atoms with Gasteiger partial charge >= 0.3 is 0 Å². The second-order valence-corrected chi connectivity index (χ2v) is 13.1. The minimum Gasteiger partial charge on any atom is -0.457 e. The number of pyridine rings is 1. The van der Waals surface area contributed by atoms with E-state index in [0.717, 1.165) is 35.7 Å². The molecule has 8 rings (SSSR count). The Morgan fingerprint density at radius 1 is 0.930 bits per heavy atom. The molecule has 218 valence electrons. The first-order chi connectivity index (χ1) is 20.7. The largest absolute Gasteiger partial charge is 0.457 e. The summed E-state index contributed by atoms with van der Waals surface area (Å²) in [5.41, 5.74) is 6.14. The van der Waals surface area contributed by atoms with Gasteiger partial charge in [-0.1, -0.05) is 39.8 Å². The summed E-state index contributed by atoms with van der Waals surface area (Å²) in [7, 11) is 0. The summed E-state index contributed by atoms with van der Waals surface area (Å²) in [5.74, 6) is 1.40. The number of benzene rings is 3. The van der Waals surface area contributed by atoms with Gasteiger partial charge < -0.3 is 14.0 Å². The molecule has 0 bridgehead atoms. The van der Waals surface area contributed by atoms with Crippen LogP contribution in [0.25, 0.3) is 38.7 Å². The van der Waals surface area contributed by atoms with Crippen molar-refractivity contribution in [3.63, 3.8) is 0 Å². The highest BCUT2D eigenvalue weighted by molar-refractivity contribution is 6.14. The third-order valence-corrected chi connectivity index (χ3v) is 10.3. The molecule has 1 fully saturated rings. The smallest absolute Gasteiger partial charge is 0.145 e. The van der Waals surface area contributed by atoms with Gasteiger partial charge in [0.25, 0.3) is 0 Å². The number of halogens is 1. The Bertz CT molecular complexity index is 2080. The van der Waals surface area contributed by atoms with E-state index >= 15 is 4.39 Å². The molecule has 1 saturated heterocycles. The van der Waals surface area contributed by atoms with E-state index in [0.29, 0.717) is 29.5 Å². The topological polar surface area (TPSA) is 53.6 Å². The van der Waals surface area contributed by atoms with Crippen LogP contribution in [-0.2, 0) is 15.6 Å². The first-order valence-corrected chi connectivity index (χ1v) is 15.2. The van der Waals surface area contributed by atoms with Crippen LogP contribution in [0.3, 0.4) is 0 Å². The number of imidazole rings is 2. The van der Waals surface area contributed by atoms with Crippen LogP contribution in [0.1, 0.15) is 70.0 Å². The zero-order valence-electron chi connectivity index (χ0n) is 25.2. The van der Waals surface area contributed by atoms with E-state index in [1.165, 1.54) is 33.8 Å². The Balaban J connectivity index is 1.25. The maximum Gasteiger partial charge on any atom is 0.145 e. The molecule has 2 aliphatic heterocycles. The number of rotatable bonds is 4. The molecular weight excluding hydrogens is 539 g/mol. The Morgan fingerprint density at radius 2 is 1.74 bits per heavy atom. The van der Waals surface area contributed by atoms with Crippen molar-refractivity contribution in [2.75, 3.05) is 6.61 Å². The molecule has 0 radical (unpaired) electrons. The summed E-state index contributed by atoms with van der Waals surface area (Å²) in [6, 6.07) is 15.6. The average Bonchev–Trinajstić information content (AvgIpc) is 3.67. The van der Waals surface area contributed by atoms with Gasteiger partial charge in [0, 0.05) is 52.5 Å². The van der Waals surface area contributed by atoms with E-state index in [4.69, 9.17) is 14.5 Å². The van der Waals surface area contributed by atoms with Crippen LogP contribution in [0.2, 0.25) is 0 Å². The molecule has 3 aromatic carbocycles. The predicted octanol–water partition coefficient (Wildman–Crippen LogP) is 9.01. The van der Waals surface area contributed by atoms with Gasteiger partial charge in [-0.25, -0.2) is 14.4 Å². The standard InChI is InChI=1S/C36H35FN4O2/c1-21-9-13-27-32-31(21)24-12-10-22(18-25(24)34-39-20-29(41(32)34)36(4,5)35(27,2)3)43-23-11-14-28(37)26(19-23)33-38-15-16-40(33)30-8-6-7-17-42-30/h9-16,18-20,30H,6-8,17H2,1-5H3. The molecule has 6 nitrogen and oxygen atoms in total. The summed E-state index contributed by atoms with van der Waals surface area (Å²) in [5, 5.41) is 3.42. The van der Waals surface area contributed by atoms with Gasteiger partial charge in [-0.3, -0.25) is 4.40 Å². The Hall–Kier alpha value is -4.23. The molecule has 43 heavy (non-hydrogen) atoms. The number of fused-ring (bicyclic) bond motifs is 3. The Morgan fingerprint density at radius 3 is 2.56 bits per heavy atom. The molecule has 2 aliphatic rings.